The highest BCUT2D eigenvalue weighted by Crippen LogP contribution is 2.57. The van der Waals surface area contributed by atoms with Crippen LogP contribution in [0, 0.1) is 12.3 Å². The van der Waals surface area contributed by atoms with Crippen molar-refractivity contribution in [2.24, 2.45) is 5.41 Å². The first kappa shape index (κ1) is 13.6. The van der Waals surface area contributed by atoms with Crippen LogP contribution in [0.2, 0.25) is 0 Å². The highest BCUT2D eigenvalue weighted by atomic mass is 79.9. The van der Waals surface area contributed by atoms with Crippen molar-refractivity contribution in [1.82, 2.24) is 9.88 Å². The Labute approximate surface area is 132 Å². The number of nitrogens with zero attached hydrogens (tertiary/aromatic N) is 1. The number of fused-ring (bicyclic) bond motifs is 2. The Hall–Kier alpha value is -1.10. The van der Waals surface area contributed by atoms with E-state index in [0.29, 0.717) is 15.6 Å². The van der Waals surface area contributed by atoms with Crippen LogP contribution in [-0.2, 0) is 5.66 Å². The predicted molar refractivity (Wildman–Crippen MR) is 83.3 cm³/mol. The quantitative estimate of drug-likeness (QED) is 0.781. The Balaban J connectivity index is 1.87. The van der Waals surface area contributed by atoms with Crippen molar-refractivity contribution in [2.75, 3.05) is 0 Å². The first-order chi connectivity index (χ1) is 9.96. The summed E-state index contributed by atoms with van der Waals surface area (Å²) in [5.41, 5.74) is 1.35. The highest BCUT2D eigenvalue weighted by molar-refractivity contribution is 9.10. The summed E-state index contributed by atoms with van der Waals surface area (Å²) >= 11 is 3.35. The number of aryl methyl sites for hydroxylation is 1. The van der Waals surface area contributed by atoms with Crippen LogP contribution in [0.15, 0.2) is 15.3 Å². The van der Waals surface area contributed by atoms with E-state index in [1.165, 1.54) is 19.3 Å². The maximum absolute atomic E-state index is 12.6. The van der Waals surface area contributed by atoms with Gasteiger partial charge in [-0.3, -0.25) is 14.2 Å². The number of rotatable bonds is 0. The molecular formula is C16H19BrN2O2. The molecule has 0 bridgehead atoms. The van der Waals surface area contributed by atoms with Gasteiger partial charge in [0.1, 0.15) is 11.4 Å². The molecule has 1 atom stereocenters. The van der Waals surface area contributed by atoms with Gasteiger partial charge in [-0.15, -0.1) is 0 Å². The third-order valence-corrected chi connectivity index (χ3v) is 6.23. The van der Waals surface area contributed by atoms with Crippen molar-refractivity contribution < 1.29 is 4.79 Å². The third-order valence-electron chi connectivity index (χ3n) is 5.66. The largest absolute Gasteiger partial charge is 0.327 e. The van der Waals surface area contributed by atoms with Crippen LogP contribution in [0.1, 0.15) is 61.0 Å². The van der Waals surface area contributed by atoms with Gasteiger partial charge in [-0.25, -0.2) is 0 Å². The van der Waals surface area contributed by atoms with E-state index >= 15 is 0 Å². The smallest absolute Gasteiger partial charge is 0.270 e. The van der Waals surface area contributed by atoms with Gasteiger partial charge in [0.25, 0.3) is 11.5 Å². The lowest BCUT2D eigenvalue weighted by atomic mass is 9.96. The Morgan fingerprint density at radius 2 is 1.86 bits per heavy atom. The zero-order valence-corrected chi connectivity index (χ0v) is 13.8. The Morgan fingerprint density at radius 1 is 1.14 bits per heavy atom. The van der Waals surface area contributed by atoms with Crippen LogP contribution in [-0.4, -0.2) is 10.5 Å². The fraction of sp³-hybridized carbons (Fsp3) is 0.625. The standard InChI is InChI=1S/C16H19BrN2O2/c1-10-9-11(17)14(21)19-12(10)13(20)18-16(19)4-2-3-15(5-6-15)7-8-16/h9H,2-8H2,1H3,(H,18,20). The van der Waals surface area contributed by atoms with Gasteiger partial charge in [0.2, 0.25) is 0 Å². The van der Waals surface area contributed by atoms with Crippen LogP contribution in [0.25, 0.3) is 0 Å². The maximum atomic E-state index is 12.6. The number of halogens is 1. The maximum Gasteiger partial charge on any atom is 0.270 e. The third kappa shape index (κ3) is 1.86. The molecule has 112 valence electrons. The van der Waals surface area contributed by atoms with Crippen molar-refractivity contribution in [3.05, 3.63) is 32.2 Å². The molecule has 21 heavy (non-hydrogen) atoms. The summed E-state index contributed by atoms with van der Waals surface area (Å²) in [6.45, 7) is 1.90. The Bertz CT molecular complexity index is 705. The van der Waals surface area contributed by atoms with Gasteiger partial charge in [0.15, 0.2) is 0 Å². The second kappa shape index (κ2) is 4.22. The zero-order valence-electron chi connectivity index (χ0n) is 12.2. The molecule has 1 amide bonds. The van der Waals surface area contributed by atoms with Crippen molar-refractivity contribution in [3.8, 4) is 0 Å². The summed E-state index contributed by atoms with van der Waals surface area (Å²) in [4.78, 5) is 25.1. The summed E-state index contributed by atoms with van der Waals surface area (Å²) in [6, 6.07) is 1.76. The summed E-state index contributed by atoms with van der Waals surface area (Å²) < 4.78 is 2.29. The van der Waals surface area contributed by atoms with Gasteiger partial charge in [-0.1, -0.05) is 0 Å². The van der Waals surface area contributed by atoms with Crippen molar-refractivity contribution in [2.45, 2.75) is 57.5 Å². The van der Waals surface area contributed by atoms with E-state index in [2.05, 4.69) is 21.2 Å². The number of aromatic nitrogens is 1. The molecule has 4 rings (SSSR count). The van der Waals surface area contributed by atoms with E-state index < -0.39 is 5.66 Å². The predicted octanol–water partition coefficient (Wildman–Crippen LogP) is 3.06. The molecule has 4 nitrogen and oxygen atoms in total. The van der Waals surface area contributed by atoms with E-state index in [1.807, 2.05) is 6.92 Å². The van der Waals surface area contributed by atoms with Crippen LogP contribution in [0.3, 0.4) is 0 Å². The molecule has 3 aliphatic rings. The highest BCUT2D eigenvalue weighted by Gasteiger charge is 2.51. The number of nitrogens with one attached hydrogen (secondary N) is 1. The molecule has 1 unspecified atom stereocenters. The van der Waals surface area contributed by atoms with Crippen LogP contribution >= 0.6 is 15.9 Å². The fourth-order valence-corrected chi connectivity index (χ4v) is 4.74. The van der Waals surface area contributed by atoms with Gasteiger partial charge < -0.3 is 5.32 Å². The minimum atomic E-state index is -0.496. The number of carbonyl (C=O) groups excluding carboxylic acids is 1. The lowest BCUT2D eigenvalue weighted by Gasteiger charge is -2.30. The topological polar surface area (TPSA) is 51.1 Å². The Kier molecular flexibility index (Phi) is 2.72. The molecule has 0 saturated heterocycles. The second-order valence-electron chi connectivity index (χ2n) is 7.00. The number of carbonyl (C=O) groups is 1. The molecule has 1 N–H and O–H groups in total. The summed E-state index contributed by atoms with van der Waals surface area (Å²) in [5.74, 6) is -0.0937. The van der Waals surface area contributed by atoms with E-state index in [-0.39, 0.29) is 11.5 Å². The second-order valence-corrected chi connectivity index (χ2v) is 7.86. The molecule has 2 saturated carbocycles. The lowest BCUT2D eigenvalue weighted by Crippen LogP contribution is -2.47. The van der Waals surface area contributed by atoms with E-state index in [4.69, 9.17) is 0 Å². The molecule has 1 aromatic heterocycles. The summed E-state index contributed by atoms with van der Waals surface area (Å²) in [5, 5.41) is 3.15. The monoisotopic (exact) mass is 350 g/mol. The van der Waals surface area contributed by atoms with Crippen molar-refractivity contribution in [3.63, 3.8) is 0 Å². The van der Waals surface area contributed by atoms with E-state index in [9.17, 15) is 9.59 Å². The summed E-state index contributed by atoms with van der Waals surface area (Å²) in [6.07, 6.45) is 7.81. The summed E-state index contributed by atoms with van der Waals surface area (Å²) in [7, 11) is 0. The van der Waals surface area contributed by atoms with Crippen LogP contribution in [0.4, 0.5) is 0 Å². The van der Waals surface area contributed by atoms with Gasteiger partial charge in [0.05, 0.1) is 4.47 Å². The van der Waals surface area contributed by atoms with E-state index in [1.54, 1.807) is 10.6 Å². The zero-order chi connectivity index (χ0) is 14.8. The normalized spacial score (nSPS) is 29.3. The first-order valence-electron chi connectivity index (χ1n) is 7.72. The van der Waals surface area contributed by atoms with Gasteiger partial charge in [-0.2, -0.15) is 0 Å². The molecule has 1 aromatic rings. The molecule has 0 radical (unpaired) electrons. The van der Waals surface area contributed by atoms with Gasteiger partial charge in [-0.05, 0) is 84.8 Å². The van der Waals surface area contributed by atoms with E-state index in [0.717, 1.165) is 31.2 Å². The average molecular weight is 351 g/mol. The number of amides is 1. The van der Waals surface area contributed by atoms with Gasteiger partial charge in [0, 0.05) is 0 Å². The minimum absolute atomic E-state index is 0.0827. The molecular weight excluding hydrogens is 332 g/mol. The number of hydrogen-bond donors (Lipinski definition) is 1. The SMILES string of the molecule is Cc1cc(Br)c(=O)n2c1C(=O)NC21CCCC2(CC2)CC1. The average Bonchev–Trinajstić information content (AvgIpc) is 3.16. The minimum Gasteiger partial charge on any atom is -0.327 e. The molecule has 2 spiro atoms. The van der Waals surface area contributed by atoms with Crippen LogP contribution < -0.4 is 10.9 Å². The molecule has 1 aliphatic heterocycles. The van der Waals surface area contributed by atoms with Gasteiger partial charge >= 0.3 is 0 Å². The fourth-order valence-electron chi connectivity index (χ4n) is 4.22. The molecule has 5 heteroatoms. The lowest BCUT2D eigenvalue weighted by molar-refractivity contribution is 0.0902. The first-order valence-corrected chi connectivity index (χ1v) is 8.51. The van der Waals surface area contributed by atoms with Crippen LogP contribution in [0.5, 0.6) is 0 Å². The van der Waals surface area contributed by atoms with Crippen molar-refractivity contribution in [1.29, 1.82) is 0 Å². The molecule has 2 aliphatic carbocycles. The molecule has 2 heterocycles. The number of hydrogen-bond acceptors (Lipinski definition) is 2. The molecule has 2 fully saturated rings. The van der Waals surface area contributed by atoms with Crippen molar-refractivity contribution >= 4 is 21.8 Å². The molecule has 0 aromatic carbocycles. The Morgan fingerprint density at radius 3 is 2.57 bits per heavy atom. The number of pyridine rings is 1.